The summed E-state index contributed by atoms with van der Waals surface area (Å²) in [6.45, 7) is 0. The molecular weight excluding hydrogens is 1020 g/mol. The molecule has 0 atom stereocenters. The third-order valence-corrected chi connectivity index (χ3v) is 12.1. The van der Waals surface area contributed by atoms with Gasteiger partial charge in [0.05, 0.1) is 64.8 Å². The van der Waals surface area contributed by atoms with Crippen molar-refractivity contribution >= 4 is 89.6 Å². The zero-order valence-corrected chi connectivity index (χ0v) is 37.6. The average Bonchev–Trinajstić information content (AvgIpc) is 3.98. The summed E-state index contributed by atoms with van der Waals surface area (Å²) in [5.74, 6) is 5.42. The van der Waals surface area contributed by atoms with Gasteiger partial charge < -0.3 is 5.73 Å². The van der Waals surface area contributed by atoms with Gasteiger partial charge >= 0.3 is 12.4 Å². The Morgan fingerprint density at radius 3 is 1.65 bits per heavy atom. The third kappa shape index (κ3) is 12.2. The Bertz CT molecular complexity index is 3120. The van der Waals surface area contributed by atoms with Crippen LogP contribution in [0.2, 0.25) is 20.1 Å². The fraction of sp³-hybridized carbons (Fsp3) is 0.114. The van der Waals surface area contributed by atoms with Gasteiger partial charge in [0.1, 0.15) is 23.7 Å². The van der Waals surface area contributed by atoms with E-state index < -0.39 is 75.0 Å². The second-order valence-corrected chi connectivity index (χ2v) is 17.8. The molecule has 0 spiro atoms. The van der Waals surface area contributed by atoms with Crippen molar-refractivity contribution < 1.29 is 48.0 Å². The number of hydrogen-bond acceptors (Lipinski definition) is 13. The number of amides is 1. The monoisotopic (exact) mass is 1040 g/mol. The van der Waals surface area contributed by atoms with E-state index in [4.69, 9.17) is 58.0 Å². The highest BCUT2D eigenvalue weighted by Crippen LogP contribution is 2.38. The number of nitrogens with one attached hydrogen (secondary N) is 3. The standard InChI is InChI=1S/C18H12Cl2F3N7O2S.C13H9Cl2F3N4O3S.C4H7N3/c1-29-15(4-5-26-29)30-9-25-27-17(30)16-14(6-10(19)8-24-16)28-33(31,32)11-2-3-13(20)12(7-11)18(21,22)23;14-6-3-10(11(20-5-6)12(23)21-19)22-26(24,25)7-1-2-9(15)8(4-7)13(16,17)18;1-7-4(5)2-3-6-7/h2-9,28H,1H3;1-5,22H,19H2,(H,21,23);2-3H,5H2,1H3. The number of pyridine rings is 2. The molecule has 0 saturated heterocycles. The number of carbonyl (C=O) groups excluding carboxylic acids is 1. The lowest BCUT2D eigenvalue weighted by Crippen LogP contribution is -2.31. The van der Waals surface area contributed by atoms with Crippen molar-refractivity contribution in [3.05, 3.63) is 129 Å². The summed E-state index contributed by atoms with van der Waals surface area (Å²) in [7, 11) is -5.54. The molecule has 0 saturated carbocycles. The molecule has 1 amide bonds. The molecule has 5 aromatic heterocycles. The van der Waals surface area contributed by atoms with Gasteiger partial charge in [-0.05, 0) is 54.6 Å². The number of anilines is 3. The second kappa shape index (κ2) is 20.1. The number of carbonyl (C=O) groups is 1. The van der Waals surface area contributed by atoms with Crippen LogP contribution in [0.3, 0.4) is 0 Å². The maximum absolute atomic E-state index is 13.2. The topological polar surface area (TPSA) is 266 Å². The van der Waals surface area contributed by atoms with E-state index in [2.05, 4.69) is 35.1 Å². The van der Waals surface area contributed by atoms with E-state index in [9.17, 15) is 48.0 Å². The number of nitrogen functional groups attached to an aromatic ring is 2. The van der Waals surface area contributed by atoms with Crippen molar-refractivity contribution in [2.24, 2.45) is 19.9 Å². The number of hydrazine groups is 1. The average molecular weight is 1040 g/mol. The van der Waals surface area contributed by atoms with Crippen molar-refractivity contribution in [2.45, 2.75) is 22.1 Å². The second-order valence-electron chi connectivity index (χ2n) is 12.8. The summed E-state index contributed by atoms with van der Waals surface area (Å²) in [6, 6.07) is 10.0. The van der Waals surface area contributed by atoms with Crippen LogP contribution in [0, 0.1) is 0 Å². The first-order chi connectivity index (χ1) is 30.7. The minimum absolute atomic E-state index is 0.0247. The fourth-order valence-electron chi connectivity index (χ4n) is 5.20. The molecular formula is C35H28Cl4F6N14O5S2. The largest absolute Gasteiger partial charge is 0.417 e. The van der Waals surface area contributed by atoms with Gasteiger partial charge in [0.25, 0.3) is 26.0 Å². The molecule has 19 nitrogen and oxygen atoms in total. The molecule has 7 rings (SSSR count). The number of benzene rings is 2. The maximum atomic E-state index is 13.2. The van der Waals surface area contributed by atoms with E-state index in [0.717, 1.165) is 36.5 Å². The van der Waals surface area contributed by atoms with Crippen LogP contribution in [0.1, 0.15) is 21.6 Å². The highest BCUT2D eigenvalue weighted by molar-refractivity contribution is 7.93. The lowest BCUT2D eigenvalue weighted by Gasteiger charge is -2.15. The van der Waals surface area contributed by atoms with Crippen molar-refractivity contribution in [1.29, 1.82) is 0 Å². The van der Waals surface area contributed by atoms with E-state index >= 15 is 0 Å². The normalized spacial score (nSPS) is 11.8. The molecule has 0 fully saturated rings. The number of hydrogen-bond donors (Lipinski definition) is 5. The van der Waals surface area contributed by atoms with Gasteiger partial charge in [0.15, 0.2) is 11.5 Å². The zero-order chi connectivity index (χ0) is 48.9. The van der Waals surface area contributed by atoms with Crippen LogP contribution in [-0.2, 0) is 46.5 Å². The van der Waals surface area contributed by atoms with Gasteiger partial charge in [-0.25, -0.2) is 32.6 Å². The first-order valence-corrected chi connectivity index (χ1v) is 21.9. The number of rotatable bonds is 9. The first kappa shape index (κ1) is 50.8. The molecule has 66 heavy (non-hydrogen) atoms. The summed E-state index contributed by atoms with van der Waals surface area (Å²) >= 11 is 22.8. The summed E-state index contributed by atoms with van der Waals surface area (Å²) < 4.78 is 138. The lowest BCUT2D eigenvalue weighted by atomic mass is 10.2. The predicted octanol–water partition coefficient (Wildman–Crippen LogP) is 7.00. The smallest absolute Gasteiger partial charge is 0.384 e. The number of sulfonamides is 2. The van der Waals surface area contributed by atoms with Crippen LogP contribution >= 0.6 is 46.4 Å². The summed E-state index contributed by atoms with van der Waals surface area (Å²) in [4.78, 5) is 18.1. The van der Waals surface area contributed by atoms with E-state index in [1.807, 2.05) is 4.72 Å². The molecule has 0 unspecified atom stereocenters. The molecule has 7 N–H and O–H groups in total. The van der Waals surface area contributed by atoms with Gasteiger partial charge in [0.2, 0.25) is 0 Å². The van der Waals surface area contributed by atoms with Gasteiger partial charge in [-0.3, -0.25) is 33.6 Å². The molecule has 2 aromatic carbocycles. The number of nitrogens with two attached hydrogens (primary N) is 2. The van der Waals surface area contributed by atoms with Gasteiger partial charge in [-0.15, -0.1) is 10.2 Å². The van der Waals surface area contributed by atoms with E-state index in [0.29, 0.717) is 23.8 Å². The van der Waals surface area contributed by atoms with E-state index in [1.54, 1.807) is 42.5 Å². The Hall–Kier alpha value is -6.23. The van der Waals surface area contributed by atoms with Crippen LogP contribution < -0.4 is 26.4 Å². The van der Waals surface area contributed by atoms with Crippen molar-refractivity contribution in [1.82, 2.24) is 49.7 Å². The fourth-order valence-corrected chi connectivity index (χ4v) is 8.13. The molecule has 0 aliphatic rings. The number of nitrogens with zero attached hydrogens (tertiary/aromatic N) is 9. The highest BCUT2D eigenvalue weighted by Gasteiger charge is 2.36. The molecule has 5 heterocycles. The van der Waals surface area contributed by atoms with Crippen LogP contribution in [0.25, 0.3) is 17.3 Å². The number of alkyl halides is 6. The number of halogens is 10. The Morgan fingerprint density at radius 1 is 0.697 bits per heavy atom. The quantitative estimate of drug-likeness (QED) is 0.0422. The minimum Gasteiger partial charge on any atom is -0.384 e. The SMILES string of the molecule is Cn1nccc1-n1cnnc1-c1ncc(Cl)cc1NS(=O)(=O)c1ccc(Cl)c(C(F)(F)F)c1.Cn1nccc1N.NNC(=O)c1ncc(Cl)cc1NS(=O)(=O)c1ccc(Cl)c(C(F)(F)F)c1. The Balaban J connectivity index is 0.000000220. The maximum Gasteiger partial charge on any atom is 0.417 e. The summed E-state index contributed by atoms with van der Waals surface area (Å²) in [5, 5.41) is 14.5. The molecule has 350 valence electrons. The van der Waals surface area contributed by atoms with E-state index in [1.165, 1.54) is 34.0 Å². The van der Waals surface area contributed by atoms with E-state index in [-0.39, 0.29) is 32.9 Å². The molecule has 31 heteroatoms. The molecule has 0 aliphatic carbocycles. The highest BCUT2D eigenvalue weighted by atomic mass is 35.5. The molecule has 0 bridgehead atoms. The molecule has 7 aromatic rings. The Labute approximate surface area is 388 Å². The van der Waals surface area contributed by atoms with Gasteiger partial charge in [-0.2, -0.15) is 36.5 Å². The van der Waals surface area contributed by atoms with Crippen molar-refractivity contribution in [2.75, 3.05) is 15.2 Å². The molecule has 0 radical (unpaired) electrons. The van der Waals surface area contributed by atoms with Gasteiger partial charge in [-0.1, -0.05) is 46.4 Å². The van der Waals surface area contributed by atoms with Crippen LogP contribution in [0.5, 0.6) is 0 Å². The minimum atomic E-state index is -4.86. The van der Waals surface area contributed by atoms with Crippen LogP contribution in [-0.4, -0.2) is 67.0 Å². The number of aromatic nitrogens is 9. The predicted molar refractivity (Wildman–Crippen MR) is 229 cm³/mol. The van der Waals surface area contributed by atoms with Crippen molar-refractivity contribution in [3.8, 4) is 17.3 Å². The Kier molecular flexibility index (Phi) is 15.5. The van der Waals surface area contributed by atoms with Crippen LogP contribution in [0.15, 0.2) is 102 Å². The van der Waals surface area contributed by atoms with Gasteiger partial charge in [0, 0.05) is 32.6 Å². The molecule has 0 aliphatic heterocycles. The van der Waals surface area contributed by atoms with Crippen molar-refractivity contribution in [3.63, 3.8) is 0 Å². The lowest BCUT2D eigenvalue weighted by molar-refractivity contribution is -0.138. The Morgan fingerprint density at radius 2 is 1.20 bits per heavy atom. The van der Waals surface area contributed by atoms with Crippen LogP contribution in [0.4, 0.5) is 43.5 Å². The third-order valence-electron chi connectivity index (χ3n) is 8.31. The number of aryl methyl sites for hydroxylation is 2. The zero-order valence-electron chi connectivity index (χ0n) is 33.0. The summed E-state index contributed by atoms with van der Waals surface area (Å²) in [5.41, 5.74) is 3.60. The first-order valence-electron chi connectivity index (χ1n) is 17.5. The summed E-state index contributed by atoms with van der Waals surface area (Å²) in [6.07, 6.45) is -2.80.